The molecule has 2 atom stereocenters. The number of nitrogens with zero attached hydrogens (tertiary/aromatic N) is 4. The first kappa shape index (κ1) is 16.1. The summed E-state index contributed by atoms with van der Waals surface area (Å²) >= 11 is 1.70. The van der Waals surface area contributed by atoms with Gasteiger partial charge >= 0.3 is 0 Å². The molecule has 2 aromatic heterocycles. The van der Waals surface area contributed by atoms with E-state index in [9.17, 15) is 9.90 Å². The number of hydrogen-bond acceptors (Lipinski definition) is 5. The number of carbonyl (C=O) groups is 1. The number of amides is 1. The Hall–Kier alpha value is -1.73. The molecule has 1 aliphatic rings. The molecular weight excluding hydrogens is 312 g/mol. The highest BCUT2D eigenvalue weighted by Crippen LogP contribution is 2.34. The highest BCUT2D eigenvalue weighted by atomic mass is 32.1. The molecule has 3 heterocycles. The van der Waals surface area contributed by atoms with E-state index in [1.165, 1.54) is 10.4 Å². The summed E-state index contributed by atoms with van der Waals surface area (Å²) in [7, 11) is 1.87. The molecule has 0 aliphatic carbocycles. The standard InChI is InChI=1S/C16H22N4O2S/c1-11-6-8-23-16(11)12-5-7-20(9-13(12)21)15(22)4-3-14-18-17-10-19(14)2/h6,8,10,12-13,21H,3-5,7,9H2,1-2H3/t12-,13-/m1/s1. The van der Waals surface area contributed by atoms with Gasteiger partial charge in [-0.2, -0.15) is 0 Å². The van der Waals surface area contributed by atoms with Crippen LogP contribution in [-0.2, 0) is 18.3 Å². The molecule has 0 bridgehead atoms. The van der Waals surface area contributed by atoms with E-state index in [-0.39, 0.29) is 11.8 Å². The number of aliphatic hydroxyl groups excluding tert-OH is 1. The summed E-state index contributed by atoms with van der Waals surface area (Å²) < 4.78 is 1.83. The van der Waals surface area contributed by atoms with Crippen molar-refractivity contribution in [3.63, 3.8) is 0 Å². The van der Waals surface area contributed by atoms with E-state index in [1.54, 1.807) is 22.6 Å². The molecule has 1 aliphatic heterocycles. The lowest BCUT2D eigenvalue weighted by Crippen LogP contribution is -2.45. The summed E-state index contributed by atoms with van der Waals surface area (Å²) in [6.07, 6.45) is 2.95. The van der Waals surface area contributed by atoms with Crippen LogP contribution in [0.25, 0.3) is 0 Å². The van der Waals surface area contributed by atoms with Crippen molar-refractivity contribution in [1.29, 1.82) is 0 Å². The van der Waals surface area contributed by atoms with Crippen molar-refractivity contribution in [2.45, 2.75) is 38.2 Å². The normalized spacial score (nSPS) is 21.6. The molecule has 0 saturated carbocycles. The van der Waals surface area contributed by atoms with Crippen LogP contribution in [0, 0.1) is 6.92 Å². The van der Waals surface area contributed by atoms with Gasteiger partial charge in [-0.3, -0.25) is 4.79 Å². The predicted octanol–water partition coefficient (Wildman–Crippen LogP) is 1.49. The zero-order chi connectivity index (χ0) is 16.4. The third-order valence-electron chi connectivity index (χ3n) is 4.54. The number of carbonyl (C=O) groups excluding carboxylic acids is 1. The first-order valence-electron chi connectivity index (χ1n) is 7.89. The maximum Gasteiger partial charge on any atom is 0.223 e. The second kappa shape index (κ2) is 6.80. The Morgan fingerprint density at radius 3 is 2.96 bits per heavy atom. The van der Waals surface area contributed by atoms with E-state index in [2.05, 4.69) is 28.6 Å². The van der Waals surface area contributed by atoms with Crippen molar-refractivity contribution < 1.29 is 9.90 Å². The smallest absolute Gasteiger partial charge is 0.223 e. The summed E-state index contributed by atoms with van der Waals surface area (Å²) in [6, 6.07) is 2.09. The molecule has 23 heavy (non-hydrogen) atoms. The Morgan fingerprint density at radius 2 is 2.35 bits per heavy atom. The third-order valence-corrected chi connectivity index (χ3v) is 5.69. The molecule has 0 unspecified atom stereocenters. The zero-order valence-electron chi connectivity index (χ0n) is 13.5. The summed E-state index contributed by atoms with van der Waals surface area (Å²) in [5.74, 6) is 1.04. The SMILES string of the molecule is Cc1ccsc1[C@@H]1CCN(C(=O)CCc2nncn2C)C[C@H]1O. The first-order valence-corrected chi connectivity index (χ1v) is 8.77. The fourth-order valence-electron chi connectivity index (χ4n) is 3.14. The van der Waals surface area contributed by atoms with Crippen LogP contribution in [0.15, 0.2) is 17.8 Å². The number of thiophene rings is 1. The Labute approximate surface area is 139 Å². The molecule has 1 fully saturated rings. The van der Waals surface area contributed by atoms with E-state index >= 15 is 0 Å². The average molecular weight is 334 g/mol. The molecule has 0 spiro atoms. The van der Waals surface area contributed by atoms with E-state index in [1.807, 2.05) is 11.6 Å². The van der Waals surface area contributed by atoms with Gasteiger partial charge in [0.05, 0.1) is 6.10 Å². The van der Waals surface area contributed by atoms with Gasteiger partial charge in [-0.25, -0.2) is 0 Å². The minimum atomic E-state index is -0.486. The number of aromatic nitrogens is 3. The Morgan fingerprint density at radius 1 is 1.52 bits per heavy atom. The Balaban J connectivity index is 1.56. The van der Waals surface area contributed by atoms with Gasteiger partial charge in [0.25, 0.3) is 0 Å². The third kappa shape index (κ3) is 3.45. The second-order valence-corrected chi connectivity index (χ2v) is 7.08. The van der Waals surface area contributed by atoms with Crippen molar-refractivity contribution in [3.05, 3.63) is 34.0 Å². The van der Waals surface area contributed by atoms with Gasteiger partial charge in [-0.1, -0.05) is 0 Å². The largest absolute Gasteiger partial charge is 0.391 e. The van der Waals surface area contributed by atoms with Crippen molar-refractivity contribution in [2.75, 3.05) is 13.1 Å². The van der Waals surface area contributed by atoms with Crippen LogP contribution in [0.4, 0.5) is 0 Å². The molecule has 124 valence electrons. The molecule has 3 rings (SSSR count). The quantitative estimate of drug-likeness (QED) is 0.920. The fraction of sp³-hybridized carbons (Fsp3) is 0.562. The summed E-state index contributed by atoms with van der Waals surface area (Å²) in [5.41, 5.74) is 1.24. The van der Waals surface area contributed by atoms with E-state index < -0.39 is 6.10 Å². The molecular formula is C16H22N4O2S. The van der Waals surface area contributed by atoms with Crippen LogP contribution in [0.3, 0.4) is 0 Å². The number of β-amino-alcohol motifs (C(OH)–C–C–N with tert-alkyl or cyclic N) is 1. The maximum absolute atomic E-state index is 12.4. The van der Waals surface area contributed by atoms with Crippen molar-refractivity contribution >= 4 is 17.2 Å². The molecule has 6 nitrogen and oxygen atoms in total. The van der Waals surface area contributed by atoms with Gasteiger partial charge < -0.3 is 14.6 Å². The van der Waals surface area contributed by atoms with E-state index in [4.69, 9.17) is 0 Å². The monoisotopic (exact) mass is 334 g/mol. The van der Waals surface area contributed by atoms with Crippen LogP contribution >= 0.6 is 11.3 Å². The minimum Gasteiger partial charge on any atom is -0.391 e. The van der Waals surface area contributed by atoms with Crippen molar-refractivity contribution in [1.82, 2.24) is 19.7 Å². The lowest BCUT2D eigenvalue weighted by Gasteiger charge is -2.36. The number of rotatable bonds is 4. The summed E-state index contributed by atoms with van der Waals surface area (Å²) in [4.78, 5) is 15.4. The van der Waals surface area contributed by atoms with Gasteiger partial charge in [-0.05, 0) is 30.4 Å². The lowest BCUT2D eigenvalue weighted by molar-refractivity contribution is -0.134. The molecule has 1 amide bonds. The summed E-state index contributed by atoms with van der Waals surface area (Å²) in [6.45, 7) is 3.20. The summed E-state index contributed by atoms with van der Waals surface area (Å²) in [5, 5.41) is 20.4. The molecule has 0 aromatic carbocycles. The Kier molecular flexibility index (Phi) is 4.77. The average Bonchev–Trinajstić information content (AvgIpc) is 3.13. The van der Waals surface area contributed by atoms with Gasteiger partial charge in [-0.15, -0.1) is 21.5 Å². The van der Waals surface area contributed by atoms with Crippen LogP contribution in [0.1, 0.15) is 35.0 Å². The van der Waals surface area contributed by atoms with Crippen molar-refractivity contribution in [3.8, 4) is 0 Å². The number of piperidine rings is 1. The van der Waals surface area contributed by atoms with Crippen LogP contribution in [0.5, 0.6) is 0 Å². The van der Waals surface area contributed by atoms with Crippen LogP contribution < -0.4 is 0 Å². The van der Waals surface area contributed by atoms with Gasteiger partial charge in [0.1, 0.15) is 12.2 Å². The van der Waals surface area contributed by atoms with Gasteiger partial charge in [0.2, 0.25) is 5.91 Å². The highest BCUT2D eigenvalue weighted by Gasteiger charge is 2.32. The molecule has 0 radical (unpaired) electrons. The number of likely N-dealkylation sites (tertiary alicyclic amines) is 1. The molecule has 1 saturated heterocycles. The molecule has 7 heteroatoms. The van der Waals surface area contributed by atoms with E-state index in [0.29, 0.717) is 25.9 Å². The number of aryl methyl sites for hydroxylation is 3. The maximum atomic E-state index is 12.4. The molecule has 2 aromatic rings. The van der Waals surface area contributed by atoms with Crippen LogP contribution in [0.2, 0.25) is 0 Å². The highest BCUT2D eigenvalue weighted by molar-refractivity contribution is 7.10. The first-order chi connectivity index (χ1) is 11.1. The number of aliphatic hydroxyl groups is 1. The van der Waals surface area contributed by atoms with E-state index in [0.717, 1.165) is 12.2 Å². The lowest BCUT2D eigenvalue weighted by atomic mass is 9.90. The fourth-order valence-corrected chi connectivity index (χ4v) is 4.26. The minimum absolute atomic E-state index is 0.0772. The number of hydrogen-bond donors (Lipinski definition) is 1. The van der Waals surface area contributed by atoms with Crippen LogP contribution in [-0.4, -0.2) is 49.9 Å². The van der Waals surface area contributed by atoms with Gasteiger partial charge in [0, 0.05) is 43.8 Å². The van der Waals surface area contributed by atoms with Gasteiger partial charge in [0.15, 0.2) is 0 Å². The molecule has 1 N–H and O–H groups in total. The topological polar surface area (TPSA) is 71.2 Å². The predicted molar refractivity (Wildman–Crippen MR) is 88.3 cm³/mol. The zero-order valence-corrected chi connectivity index (χ0v) is 14.3. The Bertz CT molecular complexity index is 681. The van der Waals surface area contributed by atoms with Crippen molar-refractivity contribution in [2.24, 2.45) is 7.05 Å². The second-order valence-electron chi connectivity index (χ2n) is 6.13.